The van der Waals surface area contributed by atoms with Crippen LogP contribution in [0.4, 0.5) is 0 Å². The molecule has 0 radical (unpaired) electrons. The Kier molecular flexibility index (Phi) is 7.45. The summed E-state index contributed by atoms with van der Waals surface area (Å²) in [5.41, 5.74) is 4.36. The maximum Gasteiger partial charge on any atom is 0.253 e. The summed E-state index contributed by atoms with van der Waals surface area (Å²) in [6.07, 6.45) is 6.07. The van der Waals surface area contributed by atoms with Crippen molar-refractivity contribution in [1.29, 1.82) is 0 Å². The molecule has 1 fully saturated rings. The van der Waals surface area contributed by atoms with Crippen LogP contribution in [0.15, 0.2) is 60.9 Å². The molecule has 4 rings (SSSR count). The molecule has 1 amide bonds. The zero-order valence-corrected chi connectivity index (χ0v) is 19.9. The number of rotatable bonds is 8. The van der Waals surface area contributed by atoms with Crippen LogP contribution in [0.1, 0.15) is 39.9 Å². The van der Waals surface area contributed by atoms with E-state index in [9.17, 15) is 4.79 Å². The maximum absolute atomic E-state index is 12.9. The van der Waals surface area contributed by atoms with Crippen LogP contribution in [-0.4, -0.2) is 52.2 Å². The van der Waals surface area contributed by atoms with Gasteiger partial charge in [0.15, 0.2) is 0 Å². The Morgan fingerprint density at radius 2 is 1.94 bits per heavy atom. The number of hydrogen-bond acceptors (Lipinski definition) is 4. The fourth-order valence-electron chi connectivity index (χ4n) is 4.44. The Morgan fingerprint density at radius 3 is 2.70 bits per heavy atom. The molecule has 33 heavy (non-hydrogen) atoms. The number of benzene rings is 2. The van der Waals surface area contributed by atoms with Crippen LogP contribution in [0.25, 0.3) is 0 Å². The van der Waals surface area contributed by atoms with Crippen molar-refractivity contribution < 1.29 is 9.53 Å². The summed E-state index contributed by atoms with van der Waals surface area (Å²) in [7, 11) is 4.05. The molecule has 1 aliphatic rings. The smallest absolute Gasteiger partial charge is 0.253 e. The van der Waals surface area contributed by atoms with Gasteiger partial charge in [-0.2, -0.15) is 5.10 Å². The van der Waals surface area contributed by atoms with Crippen molar-refractivity contribution in [3.63, 3.8) is 0 Å². The second-order valence-electron chi connectivity index (χ2n) is 9.28. The van der Waals surface area contributed by atoms with Gasteiger partial charge in [0.25, 0.3) is 5.91 Å². The molecule has 0 unspecified atom stereocenters. The average Bonchev–Trinajstić information content (AvgIpc) is 3.22. The highest BCUT2D eigenvalue weighted by Crippen LogP contribution is 2.22. The topological polar surface area (TPSA) is 50.6 Å². The molecule has 1 aromatic heterocycles. The highest BCUT2D eigenvalue weighted by Gasteiger charge is 2.25. The Bertz CT molecular complexity index is 1060. The van der Waals surface area contributed by atoms with Gasteiger partial charge in [0, 0.05) is 56.5 Å². The van der Waals surface area contributed by atoms with Crippen molar-refractivity contribution in [1.82, 2.24) is 19.6 Å². The van der Waals surface area contributed by atoms with Crippen LogP contribution in [0.5, 0.6) is 5.75 Å². The van der Waals surface area contributed by atoms with Crippen molar-refractivity contribution in [2.24, 2.45) is 13.0 Å². The Morgan fingerprint density at radius 1 is 1.15 bits per heavy atom. The average molecular weight is 447 g/mol. The normalized spacial score (nSPS) is 16.2. The van der Waals surface area contributed by atoms with Crippen molar-refractivity contribution in [3.8, 4) is 5.75 Å². The monoisotopic (exact) mass is 446 g/mol. The van der Waals surface area contributed by atoms with Gasteiger partial charge in [-0.3, -0.25) is 14.4 Å². The van der Waals surface area contributed by atoms with Crippen molar-refractivity contribution in [3.05, 3.63) is 83.2 Å². The van der Waals surface area contributed by atoms with Gasteiger partial charge in [0.05, 0.1) is 12.8 Å². The first kappa shape index (κ1) is 23.1. The number of ether oxygens (including phenoxy) is 1. The Hall–Kier alpha value is -3.12. The molecule has 0 saturated carbocycles. The molecule has 174 valence electrons. The summed E-state index contributed by atoms with van der Waals surface area (Å²) in [5.74, 6) is 1.37. The highest BCUT2D eigenvalue weighted by molar-refractivity contribution is 5.94. The second kappa shape index (κ2) is 10.7. The molecule has 2 heterocycles. The molecule has 0 N–H and O–H groups in total. The predicted molar refractivity (Wildman–Crippen MR) is 130 cm³/mol. The molecule has 0 aliphatic carbocycles. The van der Waals surface area contributed by atoms with E-state index >= 15 is 0 Å². The van der Waals surface area contributed by atoms with E-state index in [4.69, 9.17) is 4.74 Å². The number of likely N-dealkylation sites (tertiary alicyclic amines) is 1. The lowest BCUT2D eigenvalue weighted by atomic mass is 9.98. The molecule has 1 atom stereocenters. The van der Waals surface area contributed by atoms with Crippen molar-refractivity contribution in [2.45, 2.75) is 32.9 Å². The summed E-state index contributed by atoms with van der Waals surface area (Å²) in [5, 5.41) is 4.24. The van der Waals surface area contributed by atoms with Gasteiger partial charge < -0.3 is 9.64 Å². The molecule has 6 nitrogen and oxygen atoms in total. The van der Waals surface area contributed by atoms with Crippen LogP contribution in [-0.2, 0) is 20.1 Å². The third-order valence-corrected chi connectivity index (χ3v) is 6.15. The van der Waals surface area contributed by atoms with E-state index in [-0.39, 0.29) is 5.91 Å². The summed E-state index contributed by atoms with van der Waals surface area (Å²) in [6.45, 7) is 5.94. The zero-order chi connectivity index (χ0) is 23.2. The molecule has 0 spiro atoms. The molecule has 1 saturated heterocycles. The largest absolute Gasteiger partial charge is 0.493 e. The van der Waals surface area contributed by atoms with E-state index < -0.39 is 0 Å². The first-order chi connectivity index (χ1) is 16.0. The van der Waals surface area contributed by atoms with Crippen molar-refractivity contribution in [2.75, 3.05) is 26.7 Å². The second-order valence-corrected chi connectivity index (χ2v) is 9.28. The summed E-state index contributed by atoms with van der Waals surface area (Å²) in [6, 6.07) is 16.2. The molecular weight excluding hydrogens is 412 g/mol. The number of piperidine rings is 1. The summed E-state index contributed by atoms with van der Waals surface area (Å²) < 4.78 is 8.00. The number of carbonyl (C=O) groups is 1. The van der Waals surface area contributed by atoms with Gasteiger partial charge in [-0.05, 0) is 56.6 Å². The number of aromatic nitrogens is 2. The van der Waals surface area contributed by atoms with Gasteiger partial charge in [0.1, 0.15) is 5.75 Å². The number of hydrogen-bond donors (Lipinski definition) is 0. The third-order valence-electron chi connectivity index (χ3n) is 6.15. The van der Waals surface area contributed by atoms with Crippen LogP contribution >= 0.6 is 0 Å². The fraction of sp³-hybridized carbons (Fsp3) is 0.407. The summed E-state index contributed by atoms with van der Waals surface area (Å²) in [4.78, 5) is 17.1. The fourth-order valence-corrected chi connectivity index (χ4v) is 4.44. The van der Waals surface area contributed by atoms with Gasteiger partial charge in [0.2, 0.25) is 0 Å². The Balaban J connectivity index is 1.28. The van der Waals surface area contributed by atoms with Crippen LogP contribution in [0.3, 0.4) is 0 Å². The van der Waals surface area contributed by atoms with E-state index in [2.05, 4.69) is 35.2 Å². The van der Waals surface area contributed by atoms with Crippen LogP contribution < -0.4 is 4.74 Å². The predicted octanol–water partition coefficient (Wildman–Crippen LogP) is 4.29. The number of aryl methyl sites for hydroxylation is 2. The van der Waals surface area contributed by atoms with E-state index in [0.717, 1.165) is 50.3 Å². The molecule has 6 heteroatoms. The van der Waals surface area contributed by atoms with E-state index in [1.54, 1.807) is 0 Å². The lowest BCUT2D eigenvalue weighted by Crippen LogP contribution is -2.41. The number of carbonyl (C=O) groups excluding carboxylic acids is 1. The van der Waals surface area contributed by atoms with Crippen LogP contribution in [0.2, 0.25) is 0 Å². The molecule has 1 aliphatic heterocycles. The SMILES string of the molecule is Cc1ccc(C(=O)N2CCC[C@H](COc3cccc(CN(C)Cc4cnn(C)c4)c3)C2)cc1. The molecular formula is C27H34N4O2. The molecule has 0 bridgehead atoms. The lowest BCUT2D eigenvalue weighted by Gasteiger charge is -2.32. The molecule has 2 aromatic carbocycles. The van der Waals surface area contributed by atoms with E-state index in [1.807, 2.05) is 66.3 Å². The standard InChI is InChI=1S/C27H34N4O2/c1-21-9-11-25(12-10-21)27(32)31-13-5-7-23(19-31)20-33-26-8-4-6-22(14-26)16-29(2)17-24-15-28-30(3)18-24/h4,6,8-12,14-15,18,23H,5,7,13,16-17,19-20H2,1-3H3/t23-/m0/s1. The zero-order valence-electron chi connectivity index (χ0n) is 19.9. The van der Waals surface area contributed by atoms with E-state index in [0.29, 0.717) is 12.5 Å². The first-order valence-electron chi connectivity index (χ1n) is 11.7. The highest BCUT2D eigenvalue weighted by atomic mass is 16.5. The quantitative estimate of drug-likeness (QED) is 0.518. The van der Waals surface area contributed by atoms with Crippen LogP contribution in [0, 0.1) is 12.8 Å². The van der Waals surface area contributed by atoms with Gasteiger partial charge in [-0.15, -0.1) is 0 Å². The number of amides is 1. The summed E-state index contributed by atoms with van der Waals surface area (Å²) >= 11 is 0. The van der Waals surface area contributed by atoms with Gasteiger partial charge in [-0.1, -0.05) is 29.8 Å². The van der Waals surface area contributed by atoms with Crippen molar-refractivity contribution >= 4 is 5.91 Å². The van der Waals surface area contributed by atoms with Gasteiger partial charge in [-0.25, -0.2) is 0 Å². The minimum absolute atomic E-state index is 0.123. The first-order valence-corrected chi connectivity index (χ1v) is 11.7. The lowest BCUT2D eigenvalue weighted by molar-refractivity contribution is 0.0633. The Labute approximate surface area is 196 Å². The molecule has 3 aromatic rings. The maximum atomic E-state index is 12.9. The number of nitrogens with zero attached hydrogens (tertiary/aromatic N) is 4. The van der Waals surface area contributed by atoms with Gasteiger partial charge >= 0.3 is 0 Å². The minimum atomic E-state index is 0.123. The van der Waals surface area contributed by atoms with E-state index in [1.165, 1.54) is 16.7 Å². The third kappa shape index (κ3) is 6.45. The minimum Gasteiger partial charge on any atom is -0.493 e.